The molecule has 8 heteroatoms. The third-order valence-electron chi connectivity index (χ3n) is 3.90. The van der Waals surface area contributed by atoms with Crippen molar-refractivity contribution in [1.82, 2.24) is 5.32 Å². The van der Waals surface area contributed by atoms with Gasteiger partial charge in [0.1, 0.15) is 6.04 Å². The van der Waals surface area contributed by atoms with Crippen molar-refractivity contribution in [3.8, 4) is 0 Å². The molecule has 1 fully saturated rings. The monoisotopic (exact) mass is 355 g/mol. The van der Waals surface area contributed by atoms with Crippen molar-refractivity contribution in [2.45, 2.75) is 30.2 Å². The maximum absolute atomic E-state index is 12.2. The number of methoxy groups -OCH3 is 1. The Hall–Kier alpha value is -1.93. The van der Waals surface area contributed by atoms with Gasteiger partial charge in [-0.05, 0) is 36.6 Å². The average Bonchev–Trinajstić information content (AvgIpc) is 3.36. The molecule has 0 aliphatic heterocycles. The van der Waals surface area contributed by atoms with Crippen molar-refractivity contribution in [2.24, 2.45) is 5.92 Å². The largest absolute Gasteiger partial charge is 0.480 e. The van der Waals surface area contributed by atoms with Crippen molar-refractivity contribution in [3.63, 3.8) is 0 Å². The fourth-order valence-electron chi connectivity index (χ4n) is 2.27. The van der Waals surface area contributed by atoms with Crippen LogP contribution in [-0.4, -0.2) is 50.9 Å². The number of hydrogen-bond donors (Lipinski definition) is 2. The Morgan fingerprint density at radius 3 is 2.42 bits per heavy atom. The highest BCUT2D eigenvalue weighted by Gasteiger charge is 2.30. The molecule has 0 saturated heterocycles. The summed E-state index contributed by atoms with van der Waals surface area (Å²) < 4.78 is 28.8. The second kappa shape index (κ2) is 7.76. The van der Waals surface area contributed by atoms with E-state index in [-0.39, 0.29) is 22.8 Å². The van der Waals surface area contributed by atoms with Gasteiger partial charge in [-0.1, -0.05) is 12.8 Å². The van der Waals surface area contributed by atoms with Crippen LogP contribution in [0.3, 0.4) is 0 Å². The molecule has 1 unspecified atom stereocenters. The summed E-state index contributed by atoms with van der Waals surface area (Å²) in [5.74, 6) is -1.37. The predicted octanol–water partition coefficient (Wildman–Crippen LogP) is 1.09. The SMILES string of the molecule is COCCS(=O)(=O)c1ccc(C(=O)NC(CC2CC2)C(=O)O)cc1. The number of benzene rings is 1. The fraction of sp³-hybridized carbons (Fsp3) is 0.500. The summed E-state index contributed by atoms with van der Waals surface area (Å²) in [7, 11) is -2.04. The minimum atomic E-state index is -3.46. The summed E-state index contributed by atoms with van der Waals surface area (Å²) in [6.07, 6.45) is 2.41. The molecule has 1 aromatic rings. The third kappa shape index (κ3) is 5.04. The standard InChI is InChI=1S/C16H21NO6S/c1-23-8-9-24(21,22)13-6-4-12(5-7-13)15(18)17-14(16(19)20)10-11-2-3-11/h4-7,11,14H,2-3,8-10H2,1H3,(H,17,18)(H,19,20). The molecule has 2 rings (SSSR count). The second-order valence-electron chi connectivity index (χ2n) is 5.88. The van der Waals surface area contributed by atoms with Crippen LogP contribution in [0.4, 0.5) is 0 Å². The molecule has 1 atom stereocenters. The van der Waals surface area contributed by atoms with Crippen LogP contribution in [0.5, 0.6) is 0 Å². The van der Waals surface area contributed by atoms with Gasteiger partial charge in [0.05, 0.1) is 17.3 Å². The number of aliphatic carboxylic acids is 1. The van der Waals surface area contributed by atoms with Crippen LogP contribution < -0.4 is 5.32 Å². The normalized spacial score (nSPS) is 15.7. The number of nitrogens with one attached hydrogen (secondary N) is 1. The number of rotatable bonds is 9. The first-order valence-electron chi connectivity index (χ1n) is 7.69. The topological polar surface area (TPSA) is 110 Å². The first-order valence-corrected chi connectivity index (χ1v) is 9.34. The van der Waals surface area contributed by atoms with Gasteiger partial charge in [0.25, 0.3) is 5.91 Å². The molecular weight excluding hydrogens is 334 g/mol. The Bertz CT molecular complexity index is 694. The number of carbonyl (C=O) groups excluding carboxylic acids is 1. The molecular formula is C16H21NO6S. The summed E-state index contributed by atoms with van der Waals surface area (Å²) in [5, 5.41) is 11.7. The molecule has 0 spiro atoms. The van der Waals surface area contributed by atoms with Crippen LogP contribution >= 0.6 is 0 Å². The first-order chi connectivity index (χ1) is 11.3. The van der Waals surface area contributed by atoms with E-state index in [4.69, 9.17) is 4.74 Å². The molecule has 1 aromatic carbocycles. The lowest BCUT2D eigenvalue weighted by Gasteiger charge is -2.14. The molecule has 1 aliphatic carbocycles. The first kappa shape index (κ1) is 18.4. The Balaban J connectivity index is 2.03. The summed E-state index contributed by atoms with van der Waals surface area (Å²) >= 11 is 0. The van der Waals surface area contributed by atoms with E-state index in [0.717, 1.165) is 12.8 Å². The van der Waals surface area contributed by atoms with Crippen LogP contribution in [0.1, 0.15) is 29.6 Å². The maximum Gasteiger partial charge on any atom is 0.326 e. The van der Waals surface area contributed by atoms with E-state index in [0.29, 0.717) is 12.3 Å². The minimum Gasteiger partial charge on any atom is -0.480 e. The average molecular weight is 355 g/mol. The molecule has 0 bridgehead atoms. The van der Waals surface area contributed by atoms with Gasteiger partial charge < -0.3 is 15.2 Å². The number of sulfone groups is 1. The molecule has 1 aliphatic rings. The lowest BCUT2D eigenvalue weighted by atomic mass is 10.1. The van der Waals surface area contributed by atoms with Crippen molar-refractivity contribution in [2.75, 3.05) is 19.5 Å². The molecule has 1 amide bonds. The molecule has 0 radical (unpaired) electrons. The number of carboxylic acids is 1. The molecule has 2 N–H and O–H groups in total. The van der Waals surface area contributed by atoms with Crippen molar-refractivity contribution in [3.05, 3.63) is 29.8 Å². The van der Waals surface area contributed by atoms with Crippen molar-refractivity contribution >= 4 is 21.7 Å². The Morgan fingerprint density at radius 1 is 1.29 bits per heavy atom. The van der Waals surface area contributed by atoms with E-state index in [1.54, 1.807) is 0 Å². The summed E-state index contributed by atoms with van der Waals surface area (Å²) in [6, 6.07) is 4.53. The Labute approximate surface area is 140 Å². The van der Waals surface area contributed by atoms with Crippen LogP contribution in [0.25, 0.3) is 0 Å². The highest BCUT2D eigenvalue weighted by atomic mass is 32.2. The number of carboxylic acid groups (broad SMARTS) is 1. The predicted molar refractivity (Wildman–Crippen MR) is 86.6 cm³/mol. The van der Waals surface area contributed by atoms with Crippen LogP contribution in [0.2, 0.25) is 0 Å². The highest BCUT2D eigenvalue weighted by molar-refractivity contribution is 7.91. The zero-order valence-corrected chi connectivity index (χ0v) is 14.2. The number of hydrogen-bond acceptors (Lipinski definition) is 5. The Kier molecular flexibility index (Phi) is 5.95. The third-order valence-corrected chi connectivity index (χ3v) is 5.60. The molecule has 24 heavy (non-hydrogen) atoms. The van der Waals surface area contributed by atoms with E-state index in [2.05, 4.69) is 5.32 Å². The highest BCUT2D eigenvalue weighted by Crippen LogP contribution is 2.33. The van der Waals surface area contributed by atoms with Gasteiger partial charge in [-0.3, -0.25) is 4.79 Å². The van der Waals surface area contributed by atoms with Crippen LogP contribution in [-0.2, 0) is 19.4 Å². The maximum atomic E-state index is 12.2. The van der Waals surface area contributed by atoms with Gasteiger partial charge in [-0.25, -0.2) is 13.2 Å². The van der Waals surface area contributed by atoms with E-state index in [1.165, 1.54) is 31.4 Å². The van der Waals surface area contributed by atoms with Crippen molar-refractivity contribution in [1.29, 1.82) is 0 Å². The fourth-order valence-corrected chi connectivity index (χ4v) is 3.45. The zero-order valence-electron chi connectivity index (χ0n) is 13.4. The zero-order chi connectivity index (χ0) is 17.7. The summed E-state index contributed by atoms with van der Waals surface area (Å²) in [4.78, 5) is 23.5. The Morgan fingerprint density at radius 2 is 1.92 bits per heavy atom. The van der Waals surface area contributed by atoms with Gasteiger partial charge >= 0.3 is 5.97 Å². The van der Waals surface area contributed by atoms with E-state index >= 15 is 0 Å². The van der Waals surface area contributed by atoms with Gasteiger partial charge in [0, 0.05) is 12.7 Å². The van der Waals surface area contributed by atoms with Crippen LogP contribution in [0, 0.1) is 5.92 Å². The van der Waals surface area contributed by atoms with Gasteiger partial charge in [-0.15, -0.1) is 0 Å². The second-order valence-corrected chi connectivity index (χ2v) is 7.99. The van der Waals surface area contributed by atoms with Gasteiger partial charge in [-0.2, -0.15) is 0 Å². The molecule has 0 heterocycles. The van der Waals surface area contributed by atoms with Gasteiger partial charge in [0.15, 0.2) is 9.84 Å². The molecule has 1 saturated carbocycles. The minimum absolute atomic E-state index is 0.0893. The van der Waals surface area contributed by atoms with E-state index in [9.17, 15) is 23.1 Å². The summed E-state index contributed by atoms with van der Waals surface area (Å²) in [5.41, 5.74) is 0.225. The van der Waals surface area contributed by atoms with Crippen LogP contribution in [0.15, 0.2) is 29.2 Å². The lowest BCUT2D eigenvalue weighted by molar-refractivity contribution is -0.139. The number of amides is 1. The van der Waals surface area contributed by atoms with E-state index < -0.39 is 27.8 Å². The molecule has 132 valence electrons. The quantitative estimate of drug-likeness (QED) is 0.686. The summed E-state index contributed by atoms with van der Waals surface area (Å²) in [6.45, 7) is 0.0893. The van der Waals surface area contributed by atoms with Gasteiger partial charge in [0.2, 0.25) is 0 Å². The lowest BCUT2D eigenvalue weighted by Crippen LogP contribution is -2.41. The number of carbonyl (C=O) groups is 2. The van der Waals surface area contributed by atoms with E-state index in [1.807, 2.05) is 0 Å². The smallest absolute Gasteiger partial charge is 0.326 e. The molecule has 0 aromatic heterocycles. The molecule has 7 nitrogen and oxygen atoms in total. The van der Waals surface area contributed by atoms with Crippen molar-refractivity contribution < 1.29 is 27.9 Å². The number of ether oxygens (including phenoxy) is 1.